The molecule has 108 valence electrons. The fraction of sp³-hybridized carbons (Fsp3) is 0.188. The summed E-state index contributed by atoms with van der Waals surface area (Å²) < 4.78 is 2.81. The fourth-order valence-electron chi connectivity index (χ4n) is 2.12. The molecule has 5 heteroatoms. The van der Waals surface area contributed by atoms with Crippen molar-refractivity contribution in [2.45, 2.75) is 13.1 Å². The molecule has 3 aromatic rings. The summed E-state index contributed by atoms with van der Waals surface area (Å²) in [5, 5.41) is 7.80. The van der Waals surface area contributed by atoms with E-state index in [0.29, 0.717) is 0 Å². The Kier molecular flexibility index (Phi) is 4.70. The van der Waals surface area contributed by atoms with Crippen LogP contribution in [-0.2, 0) is 13.1 Å². The highest BCUT2D eigenvalue weighted by molar-refractivity contribution is 7.16. The van der Waals surface area contributed by atoms with Gasteiger partial charge in [0.05, 0.1) is 17.1 Å². The van der Waals surface area contributed by atoms with Gasteiger partial charge in [-0.3, -0.25) is 4.68 Å². The third-order valence-electron chi connectivity index (χ3n) is 3.19. The lowest BCUT2D eigenvalue weighted by atomic mass is 10.1. The van der Waals surface area contributed by atoms with E-state index in [1.54, 1.807) is 11.3 Å². The van der Waals surface area contributed by atoms with Crippen molar-refractivity contribution in [2.75, 3.05) is 6.54 Å². The molecule has 0 amide bonds. The van der Waals surface area contributed by atoms with E-state index in [0.717, 1.165) is 29.5 Å². The van der Waals surface area contributed by atoms with Gasteiger partial charge < -0.3 is 5.32 Å². The fourth-order valence-corrected chi connectivity index (χ4v) is 3.17. The maximum Gasteiger partial charge on any atom is 0.0931 e. The lowest BCUT2D eigenvalue weighted by Crippen LogP contribution is -2.19. The molecule has 3 rings (SSSR count). The molecule has 0 atom stereocenters. The third kappa shape index (κ3) is 3.94. The van der Waals surface area contributed by atoms with Gasteiger partial charge in [-0.1, -0.05) is 41.9 Å². The molecular weight excluding hydrogens is 302 g/mol. The summed E-state index contributed by atoms with van der Waals surface area (Å²) in [5.41, 5.74) is 2.35. The summed E-state index contributed by atoms with van der Waals surface area (Å²) in [5.74, 6) is 0. The Morgan fingerprint density at radius 2 is 1.95 bits per heavy atom. The van der Waals surface area contributed by atoms with Crippen molar-refractivity contribution in [2.24, 2.45) is 0 Å². The Balaban J connectivity index is 1.49. The van der Waals surface area contributed by atoms with Crippen LogP contribution in [0.15, 0.2) is 54.9 Å². The molecule has 21 heavy (non-hydrogen) atoms. The Hall–Kier alpha value is -1.62. The van der Waals surface area contributed by atoms with Gasteiger partial charge in [0.15, 0.2) is 0 Å². The highest BCUT2D eigenvalue weighted by Gasteiger charge is 2.01. The number of benzene rings is 1. The maximum absolute atomic E-state index is 5.91. The minimum Gasteiger partial charge on any atom is -0.310 e. The van der Waals surface area contributed by atoms with Crippen molar-refractivity contribution in [3.8, 4) is 11.1 Å². The molecule has 0 radical (unpaired) electrons. The van der Waals surface area contributed by atoms with Gasteiger partial charge in [-0.2, -0.15) is 5.10 Å². The van der Waals surface area contributed by atoms with Crippen LogP contribution in [0.25, 0.3) is 11.1 Å². The largest absolute Gasteiger partial charge is 0.310 e. The Morgan fingerprint density at radius 1 is 1.10 bits per heavy atom. The van der Waals surface area contributed by atoms with E-state index >= 15 is 0 Å². The summed E-state index contributed by atoms with van der Waals surface area (Å²) in [7, 11) is 0. The van der Waals surface area contributed by atoms with Crippen molar-refractivity contribution in [1.29, 1.82) is 0 Å². The van der Waals surface area contributed by atoms with Crippen LogP contribution in [0.2, 0.25) is 4.34 Å². The molecular formula is C16H16ClN3S. The Morgan fingerprint density at radius 3 is 2.71 bits per heavy atom. The number of hydrogen-bond donors (Lipinski definition) is 1. The third-order valence-corrected chi connectivity index (χ3v) is 4.42. The van der Waals surface area contributed by atoms with E-state index < -0.39 is 0 Å². The van der Waals surface area contributed by atoms with E-state index in [1.807, 2.05) is 35.1 Å². The molecule has 2 aromatic heterocycles. The standard InChI is InChI=1S/C16H16ClN3S/c17-16-7-6-15(21-16)11-18-8-9-20-12-14(10-19-20)13-4-2-1-3-5-13/h1-7,10,12,18H,8-9,11H2. The average molecular weight is 318 g/mol. The van der Waals surface area contributed by atoms with Crippen molar-refractivity contribution in [3.63, 3.8) is 0 Å². The van der Waals surface area contributed by atoms with Crippen LogP contribution >= 0.6 is 22.9 Å². The van der Waals surface area contributed by atoms with Gasteiger partial charge in [-0.15, -0.1) is 11.3 Å². The molecule has 0 aliphatic carbocycles. The van der Waals surface area contributed by atoms with Gasteiger partial charge in [0.2, 0.25) is 0 Å². The molecule has 0 aliphatic rings. The minimum atomic E-state index is 0.839. The zero-order valence-corrected chi connectivity index (χ0v) is 13.1. The predicted molar refractivity (Wildman–Crippen MR) is 88.7 cm³/mol. The van der Waals surface area contributed by atoms with Crippen LogP contribution in [0.3, 0.4) is 0 Å². The number of thiophene rings is 1. The van der Waals surface area contributed by atoms with Crippen molar-refractivity contribution in [1.82, 2.24) is 15.1 Å². The topological polar surface area (TPSA) is 29.9 Å². The number of aromatic nitrogens is 2. The van der Waals surface area contributed by atoms with Gasteiger partial charge in [-0.25, -0.2) is 0 Å². The van der Waals surface area contributed by atoms with Crippen LogP contribution in [0.4, 0.5) is 0 Å². The van der Waals surface area contributed by atoms with E-state index in [4.69, 9.17) is 11.6 Å². The van der Waals surface area contributed by atoms with Crippen LogP contribution in [0.5, 0.6) is 0 Å². The molecule has 0 unspecified atom stereocenters. The van der Waals surface area contributed by atoms with Crippen LogP contribution < -0.4 is 5.32 Å². The minimum absolute atomic E-state index is 0.839. The number of nitrogens with one attached hydrogen (secondary N) is 1. The second-order valence-electron chi connectivity index (χ2n) is 4.74. The van der Waals surface area contributed by atoms with E-state index in [2.05, 4.69) is 34.8 Å². The zero-order valence-electron chi connectivity index (χ0n) is 11.5. The van der Waals surface area contributed by atoms with Crippen LogP contribution in [0, 0.1) is 0 Å². The highest BCUT2D eigenvalue weighted by atomic mass is 35.5. The zero-order chi connectivity index (χ0) is 14.5. The first-order valence-corrected chi connectivity index (χ1v) is 8.03. The van der Waals surface area contributed by atoms with Gasteiger partial charge >= 0.3 is 0 Å². The van der Waals surface area contributed by atoms with Gasteiger partial charge in [0.1, 0.15) is 0 Å². The molecule has 0 bridgehead atoms. The molecule has 1 N–H and O–H groups in total. The normalized spacial score (nSPS) is 10.9. The first-order valence-electron chi connectivity index (χ1n) is 6.84. The smallest absolute Gasteiger partial charge is 0.0931 e. The summed E-state index contributed by atoms with van der Waals surface area (Å²) in [6.45, 7) is 2.58. The summed E-state index contributed by atoms with van der Waals surface area (Å²) in [6.07, 6.45) is 3.99. The van der Waals surface area contributed by atoms with Gasteiger partial charge in [0.25, 0.3) is 0 Å². The van der Waals surface area contributed by atoms with Crippen molar-refractivity contribution in [3.05, 3.63) is 64.1 Å². The maximum atomic E-state index is 5.91. The quantitative estimate of drug-likeness (QED) is 0.695. The number of halogens is 1. The predicted octanol–water partition coefficient (Wildman–Crippen LogP) is 4.05. The molecule has 1 aromatic carbocycles. The van der Waals surface area contributed by atoms with Gasteiger partial charge in [-0.05, 0) is 17.7 Å². The summed E-state index contributed by atoms with van der Waals surface area (Å²) >= 11 is 7.52. The molecule has 0 saturated carbocycles. The summed E-state index contributed by atoms with van der Waals surface area (Å²) in [6, 6.07) is 14.3. The summed E-state index contributed by atoms with van der Waals surface area (Å²) in [4.78, 5) is 1.26. The average Bonchev–Trinajstić information content (AvgIpc) is 3.14. The molecule has 3 nitrogen and oxygen atoms in total. The molecule has 0 aliphatic heterocycles. The lowest BCUT2D eigenvalue weighted by Gasteiger charge is -2.03. The second kappa shape index (κ2) is 6.89. The van der Waals surface area contributed by atoms with E-state index in [9.17, 15) is 0 Å². The second-order valence-corrected chi connectivity index (χ2v) is 6.54. The number of rotatable bonds is 6. The van der Waals surface area contributed by atoms with Gasteiger partial charge in [0, 0.05) is 29.7 Å². The van der Waals surface area contributed by atoms with E-state index in [-0.39, 0.29) is 0 Å². The molecule has 2 heterocycles. The number of hydrogen-bond acceptors (Lipinski definition) is 3. The number of nitrogens with zero attached hydrogens (tertiary/aromatic N) is 2. The Bertz CT molecular complexity index is 690. The van der Waals surface area contributed by atoms with Crippen LogP contribution in [0.1, 0.15) is 4.88 Å². The lowest BCUT2D eigenvalue weighted by molar-refractivity contribution is 0.557. The SMILES string of the molecule is Clc1ccc(CNCCn2cc(-c3ccccc3)cn2)s1. The monoisotopic (exact) mass is 317 g/mol. The molecule has 0 fully saturated rings. The highest BCUT2D eigenvalue weighted by Crippen LogP contribution is 2.21. The first kappa shape index (κ1) is 14.3. The van der Waals surface area contributed by atoms with Crippen molar-refractivity contribution >= 4 is 22.9 Å². The molecule has 0 spiro atoms. The molecule has 0 saturated heterocycles. The van der Waals surface area contributed by atoms with Crippen LogP contribution in [-0.4, -0.2) is 16.3 Å². The van der Waals surface area contributed by atoms with E-state index in [1.165, 1.54) is 10.4 Å². The first-order chi connectivity index (χ1) is 10.3. The Labute approximate surface area is 133 Å². The van der Waals surface area contributed by atoms with Crippen molar-refractivity contribution < 1.29 is 0 Å².